The molecule has 0 saturated carbocycles. The Kier molecular flexibility index (Phi) is 3.38. The van der Waals surface area contributed by atoms with Gasteiger partial charge in [-0.2, -0.15) is 5.21 Å². The molecule has 104 valence electrons. The lowest BCUT2D eigenvalue weighted by atomic mass is 10.1. The lowest BCUT2D eigenvalue weighted by Gasteiger charge is -2.06. The van der Waals surface area contributed by atoms with Crippen molar-refractivity contribution in [1.82, 2.24) is 20.6 Å². The molecule has 0 aliphatic heterocycles. The summed E-state index contributed by atoms with van der Waals surface area (Å²) in [6.45, 7) is 0. The van der Waals surface area contributed by atoms with E-state index in [0.717, 1.165) is 5.56 Å². The van der Waals surface area contributed by atoms with Crippen molar-refractivity contribution >= 4 is 11.6 Å². The normalized spacial score (nSPS) is 10.3. The molecule has 3 aromatic rings. The van der Waals surface area contributed by atoms with Gasteiger partial charge in [0.1, 0.15) is 5.82 Å². The van der Waals surface area contributed by atoms with Gasteiger partial charge in [-0.05, 0) is 41.6 Å². The maximum atomic E-state index is 13.5. The van der Waals surface area contributed by atoms with Crippen molar-refractivity contribution in [3.05, 3.63) is 59.9 Å². The van der Waals surface area contributed by atoms with Gasteiger partial charge < -0.3 is 5.32 Å². The fourth-order valence-electron chi connectivity index (χ4n) is 1.83. The van der Waals surface area contributed by atoms with Gasteiger partial charge in [-0.3, -0.25) is 4.79 Å². The van der Waals surface area contributed by atoms with Gasteiger partial charge in [0.15, 0.2) is 0 Å². The molecular weight excluding hydrogens is 273 g/mol. The molecule has 3 rings (SSSR count). The smallest absolute Gasteiger partial charge is 0.258 e. The zero-order valence-corrected chi connectivity index (χ0v) is 10.7. The van der Waals surface area contributed by atoms with Crippen molar-refractivity contribution in [2.45, 2.75) is 0 Å². The van der Waals surface area contributed by atoms with Crippen molar-refractivity contribution in [3.8, 4) is 11.4 Å². The number of benzene rings is 2. The zero-order valence-electron chi connectivity index (χ0n) is 10.7. The molecule has 21 heavy (non-hydrogen) atoms. The van der Waals surface area contributed by atoms with Gasteiger partial charge >= 0.3 is 0 Å². The highest BCUT2D eigenvalue weighted by molar-refractivity contribution is 6.04. The Hall–Kier alpha value is -3.09. The van der Waals surface area contributed by atoms with E-state index in [1.165, 1.54) is 18.2 Å². The van der Waals surface area contributed by atoms with E-state index in [2.05, 4.69) is 25.9 Å². The Bertz CT molecular complexity index is 755. The molecule has 0 bridgehead atoms. The predicted molar refractivity (Wildman–Crippen MR) is 74.0 cm³/mol. The zero-order chi connectivity index (χ0) is 14.7. The van der Waals surface area contributed by atoms with Crippen LogP contribution in [0, 0.1) is 5.82 Å². The first kappa shape index (κ1) is 12.9. The number of rotatable bonds is 3. The number of aromatic nitrogens is 4. The second kappa shape index (κ2) is 5.49. The van der Waals surface area contributed by atoms with Crippen LogP contribution in [0.5, 0.6) is 0 Å². The van der Waals surface area contributed by atoms with Crippen LogP contribution in [0.15, 0.2) is 48.5 Å². The second-order valence-corrected chi connectivity index (χ2v) is 4.25. The van der Waals surface area contributed by atoms with E-state index in [1.54, 1.807) is 30.3 Å². The number of carbonyl (C=O) groups excluding carboxylic acids is 1. The molecular formula is C14H10FN5O. The van der Waals surface area contributed by atoms with Crippen molar-refractivity contribution in [2.24, 2.45) is 0 Å². The summed E-state index contributed by atoms with van der Waals surface area (Å²) in [4.78, 5) is 12.0. The molecule has 1 amide bonds. The first-order valence-electron chi connectivity index (χ1n) is 6.14. The number of tetrazole rings is 1. The van der Waals surface area contributed by atoms with Crippen LogP contribution in [0.4, 0.5) is 10.1 Å². The van der Waals surface area contributed by atoms with Crippen LogP contribution in [0.25, 0.3) is 11.4 Å². The Morgan fingerprint density at radius 1 is 1.10 bits per heavy atom. The third kappa shape index (κ3) is 2.76. The van der Waals surface area contributed by atoms with E-state index in [-0.39, 0.29) is 5.56 Å². The summed E-state index contributed by atoms with van der Waals surface area (Å²) in [7, 11) is 0. The average molecular weight is 283 g/mol. The topological polar surface area (TPSA) is 83.6 Å². The Labute approximate surface area is 119 Å². The van der Waals surface area contributed by atoms with Crippen molar-refractivity contribution < 1.29 is 9.18 Å². The average Bonchev–Trinajstić information content (AvgIpc) is 3.02. The van der Waals surface area contributed by atoms with Crippen LogP contribution in [0.3, 0.4) is 0 Å². The molecule has 0 atom stereocenters. The van der Waals surface area contributed by atoms with Gasteiger partial charge in [-0.25, -0.2) is 4.39 Å². The predicted octanol–water partition coefficient (Wildman–Crippen LogP) is 2.26. The highest BCUT2D eigenvalue weighted by Gasteiger charge is 2.11. The molecule has 0 saturated heterocycles. The van der Waals surface area contributed by atoms with E-state index >= 15 is 0 Å². The number of hydrogen-bond donors (Lipinski definition) is 2. The first-order valence-corrected chi connectivity index (χ1v) is 6.14. The Morgan fingerprint density at radius 3 is 2.52 bits per heavy atom. The van der Waals surface area contributed by atoms with E-state index < -0.39 is 11.7 Å². The van der Waals surface area contributed by atoms with Crippen molar-refractivity contribution in [3.63, 3.8) is 0 Å². The van der Waals surface area contributed by atoms with Gasteiger partial charge in [0.05, 0.1) is 5.56 Å². The van der Waals surface area contributed by atoms with Gasteiger partial charge in [-0.1, -0.05) is 12.1 Å². The van der Waals surface area contributed by atoms with Gasteiger partial charge in [0.25, 0.3) is 5.91 Å². The molecule has 1 heterocycles. The molecule has 6 nitrogen and oxygen atoms in total. The summed E-state index contributed by atoms with van der Waals surface area (Å²) >= 11 is 0. The Morgan fingerprint density at radius 2 is 1.86 bits per heavy atom. The standard InChI is InChI=1S/C14H10FN5O/c15-12-4-2-1-3-11(12)14(21)16-10-7-5-9(6-8-10)13-17-19-20-18-13/h1-8H,(H,16,21)(H,17,18,19,20). The summed E-state index contributed by atoms with van der Waals surface area (Å²) in [6, 6.07) is 12.7. The minimum Gasteiger partial charge on any atom is -0.322 e. The van der Waals surface area contributed by atoms with Crippen LogP contribution in [0.2, 0.25) is 0 Å². The Balaban J connectivity index is 1.77. The van der Waals surface area contributed by atoms with Crippen LogP contribution in [-0.2, 0) is 0 Å². The SMILES string of the molecule is O=C(Nc1ccc(-c2nn[nH]n2)cc1)c1ccccc1F. The highest BCUT2D eigenvalue weighted by atomic mass is 19.1. The fraction of sp³-hybridized carbons (Fsp3) is 0. The number of carbonyl (C=O) groups is 1. The quantitative estimate of drug-likeness (QED) is 0.772. The molecule has 0 fully saturated rings. The minimum atomic E-state index is -0.557. The molecule has 1 aromatic heterocycles. The number of halogens is 1. The molecule has 2 N–H and O–H groups in total. The maximum Gasteiger partial charge on any atom is 0.258 e. The number of aromatic amines is 1. The summed E-state index contributed by atoms with van der Waals surface area (Å²) in [5.41, 5.74) is 1.31. The molecule has 0 aliphatic carbocycles. The summed E-state index contributed by atoms with van der Waals surface area (Å²) in [5, 5.41) is 16.2. The largest absolute Gasteiger partial charge is 0.322 e. The molecule has 7 heteroatoms. The number of H-pyrrole nitrogens is 1. The summed E-state index contributed by atoms with van der Waals surface area (Å²) in [5.74, 6) is -0.596. The maximum absolute atomic E-state index is 13.5. The highest BCUT2D eigenvalue weighted by Crippen LogP contribution is 2.17. The minimum absolute atomic E-state index is 0.000237. The number of anilines is 1. The third-order valence-electron chi connectivity index (χ3n) is 2.86. The molecule has 0 radical (unpaired) electrons. The van der Waals surface area contributed by atoms with E-state index in [9.17, 15) is 9.18 Å². The summed E-state index contributed by atoms with van der Waals surface area (Å²) < 4.78 is 13.5. The van der Waals surface area contributed by atoms with Crippen LogP contribution in [0.1, 0.15) is 10.4 Å². The van der Waals surface area contributed by atoms with Gasteiger partial charge in [0, 0.05) is 11.3 Å². The number of nitrogens with zero attached hydrogens (tertiary/aromatic N) is 3. The fourth-order valence-corrected chi connectivity index (χ4v) is 1.83. The lowest BCUT2D eigenvalue weighted by Crippen LogP contribution is -2.13. The lowest BCUT2D eigenvalue weighted by molar-refractivity contribution is 0.102. The third-order valence-corrected chi connectivity index (χ3v) is 2.86. The molecule has 0 unspecified atom stereocenters. The molecule has 0 spiro atoms. The van der Waals surface area contributed by atoms with E-state index in [1.807, 2.05) is 0 Å². The monoisotopic (exact) mass is 283 g/mol. The van der Waals surface area contributed by atoms with E-state index in [0.29, 0.717) is 11.5 Å². The first-order chi connectivity index (χ1) is 10.2. The second-order valence-electron chi connectivity index (χ2n) is 4.25. The van der Waals surface area contributed by atoms with Gasteiger partial charge in [0.2, 0.25) is 5.82 Å². The summed E-state index contributed by atoms with van der Waals surface area (Å²) in [6.07, 6.45) is 0. The van der Waals surface area contributed by atoms with Crippen LogP contribution >= 0.6 is 0 Å². The molecule has 0 aliphatic rings. The number of hydrogen-bond acceptors (Lipinski definition) is 4. The van der Waals surface area contributed by atoms with Crippen LogP contribution in [-0.4, -0.2) is 26.5 Å². The molecule has 2 aromatic carbocycles. The van der Waals surface area contributed by atoms with Crippen LogP contribution < -0.4 is 5.32 Å². The number of nitrogens with one attached hydrogen (secondary N) is 2. The van der Waals surface area contributed by atoms with Crippen molar-refractivity contribution in [2.75, 3.05) is 5.32 Å². The number of amides is 1. The van der Waals surface area contributed by atoms with E-state index in [4.69, 9.17) is 0 Å². The van der Waals surface area contributed by atoms with Crippen molar-refractivity contribution in [1.29, 1.82) is 0 Å². The van der Waals surface area contributed by atoms with Gasteiger partial charge in [-0.15, -0.1) is 10.2 Å².